The topological polar surface area (TPSA) is 130 Å². The third-order valence-corrected chi connectivity index (χ3v) is 7.44. The lowest BCUT2D eigenvalue weighted by Gasteiger charge is -2.37. The van der Waals surface area contributed by atoms with Crippen molar-refractivity contribution in [1.29, 1.82) is 0 Å². The van der Waals surface area contributed by atoms with Gasteiger partial charge in [0.25, 0.3) is 5.91 Å². The molecule has 0 N–H and O–H groups in total. The number of fused-ring (bicyclic) bond motifs is 1. The van der Waals surface area contributed by atoms with Gasteiger partial charge in [0, 0.05) is 57.7 Å². The van der Waals surface area contributed by atoms with E-state index in [4.69, 9.17) is 4.74 Å². The van der Waals surface area contributed by atoms with Gasteiger partial charge < -0.3 is 24.2 Å². The highest BCUT2D eigenvalue weighted by atomic mass is 19.1. The molecule has 3 aromatic rings. The molecule has 14 heteroatoms. The number of carbonyl (C=O) groups is 4. The van der Waals surface area contributed by atoms with Crippen LogP contribution in [0.4, 0.5) is 20.6 Å². The number of anilines is 2. The Morgan fingerprint density at radius 2 is 1.98 bits per heavy atom. The summed E-state index contributed by atoms with van der Waals surface area (Å²) in [6.07, 6.45) is 4.29. The van der Waals surface area contributed by atoms with E-state index in [9.17, 15) is 19.2 Å². The van der Waals surface area contributed by atoms with Gasteiger partial charge in [-0.3, -0.25) is 23.7 Å². The molecule has 1 atom stereocenters. The number of benzene rings is 1. The molecule has 0 spiro atoms. The molecule has 5 rings (SSSR count). The molecule has 0 unspecified atom stereocenters. The van der Waals surface area contributed by atoms with Gasteiger partial charge in [-0.2, -0.15) is 0 Å². The third-order valence-electron chi connectivity index (χ3n) is 7.44. The number of imidazole rings is 1. The van der Waals surface area contributed by atoms with Crippen molar-refractivity contribution >= 4 is 41.0 Å². The van der Waals surface area contributed by atoms with Crippen LogP contribution >= 0.6 is 0 Å². The summed E-state index contributed by atoms with van der Waals surface area (Å²) in [5.74, 6) is -1.04. The number of cyclic esters (lactones) is 1. The quantitative estimate of drug-likeness (QED) is 0.348. The van der Waals surface area contributed by atoms with Crippen LogP contribution in [-0.2, 0) is 19.1 Å². The van der Waals surface area contributed by atoms with Crippen LogP contribution in [0.1, 0.15) is 30.3 Å². The Morgan fingerprint density at radius 3 is 2.67 bits per heavy atom. The number of aromatic nitrogens is 3. The molecule has 2 aromatic heterocycles. The molecule has 4 heterocycles. The number of esters is 1. The smallest absolute Gasteiger partial charge is 0.414 e. The van der Waals surface area contributed by atoms with Gasteiger partial charge in [-0.1, -0.05) is 0 Å². The molecule has 13 nitrogen and oxygen atoms in total. The second kappa shape index (κ2) is 12.4. The van der Waals surface area contributed by atoms with Crippen molar-refractivity contribution in [2.24, 2.45) is 0 Å². The zero-order valence-electron chi connectivity index (χ0n) is 23.4. The molecular weight excluding hydrogens is 549 g/mol. The van der Waals surface area contributed by atoms with Crippen molar-refractivity contribution in [1.82, 2.24) is 24.2 Å². The van der Waals surface area contributed by atoms with Crippen LogP contribution in [0.5, 0.6) is 0 Å². The van der Waals surface area contributed by atoms with Crippen LogP contribution in [0.2, 0.25) is 0 Å². The summed E-state index contributed by atoms with van der Waals surface area (Å²) in [5.41, 5.74) is 0.943. The van der Waals surface area contributed by atoms with Gasteiger partial charge in [-0.15, -0.1) is 0 Å². The first-order valence-corrected chi connectivity index (χ1v) is 13.7. The van der Waals surface area contributed by atoms with Gasteiger partial charge >= 0.3 is 12.1 Å². The zero-order valence-corrected chi connectivity index (χ0v) is 23.4. The highest BCUT2D eigenvalue weighted by Gasteiger charge is 2.33. The number of amides is 3. The molecule has 2 aliphatic heterocycles. The maximum absolute atomic E-state index is 15.2. The molecule has 42 heavy (non-hydrogen) atoms. The number of piperazine rings is 1. The van der Waals surface area contributed by atoms with E-state index in [0.717, 1.165) is 0 Å². The number of ether oxygens (including phenoxy) is 2. The van der Waals surface area contributed by atoms with Crippen LogP contribution in [0.15, 0.2) is 42.9 Å². The van der Waals surface area contributed by atoms with Crippen molar-refractivity contribution in [3.05, 3.63) is 54.4 Å². The van der Waals surface area contributed by atoms with E-state index in [2.05, 4.69) is 14.7 Å². The second-order valence-corrected chi connectivity index (χ2v) is 10.0. The Hall–Kier alpha value is -4.75. The van der Waals surface area contributed by atoms with Crippen molar-refractivity contribution in [2.75, 3.05) is 62.7 Å². The average molecular weight is 582 g/mol. The molecule has 3 amide bonds. The predicted octanol–water partition coefficient (Wildman–Crippen LogP) is 1.96. The largest absolute Gasteiger partial charge is 0.469 e. The van der Waals surface area contributed by atoms with E-state index >= 15 is 4.39 Å². The fourth-order valence-electron chi connectivity index (χ4n) is 5.07. The minimum absolute atomic E-state index is 0.0910. The van der Waals surface area contributed by atoms with Crippen molar-refractivity contribution in [3.8, 4) is 0 Å². The van der Waals surface area contributed by atoms with Gasteiger partial charge in [0.15, 0.2) is 0 Å². The number of nitrogens with zero attached hydrogens (tertiary/aromatic N) is 7. The van der Waals surface area contributed by atoms with Gasteiger partial charge in [0.05, 0.1) is 25.0 Å². The lowest BCUT2D eigenvalue weighted by atomic mass is 10.1. The highest BCUT2D eigenvalue weighted by Crippen LogP contribution is 2.29. The number of rotatable bonds is 9. The molecule has 0 aliphatic carbocycles. The van der Waals surface area contributed by atoms with Gasteiger partial charge in [-0.05, 0) is 37.6 Å². The number of halogens is 1. The summed E-state index contributed by atoms with van der Waals surface area (Å²) in [6.45, 7) is 3.79. The van der Waals surface area contributed by atoms with Crippen LogP contribution in [0, 0.1) is 5.82 Å². The Bertz CT molecular complexity index is 1460. The standard InChI is InChI=1S/C28H32FN7O6/c1-3-32(26(39)22-17-35-10-4-9-30-27(35)31-22)18-24(37)34-13-11-33(12-14-34)23-7-5-19(15-21(23)29)36-16-20(42-28(36)40)6-8-25(38)41-2/h4-5,7,9-10,15,17,20H,3,6,8,11-14,16,18H2,1-2H3/t20-/m0/s1. The van der Waals surface area contributed by atoms with E-state index in [0.29, 0.717) is 56.3 Å². The minimum Gasteiger partial charge on any atom is -0.469 e. The second-order valence-electron chi connectivity index (χ2n) is 10.0. The maximum Gasteiger partial charge on any atom is 0.414 e. The van der Waals surface area contributed by atoms with E-state index in [1.54, 1.807) is 53.0 Å². The SMILES string of the molecule is CCN(CC(=O)N1CCN(c2ccc(N3C[C@H](CCC(=O)OC)OC3=O)cc2F)CC1)C(=O)c1cn2cccnc2n1. The first-order chi connectivity index (χ1) is 20.3. The summed E-state index contributed by atoms with van der Waals surface area (Å²) in [5, 5.41) is 0. The van der Waals surface area contributed by atoms with Gasteiger partial charge in [0.2, 0.25) is 11.7 Å². The lowest BCUT2D eigenvalue weighted by Crippen LogP contribution is -2.52. The normalized spacial score (nSPS) is 17.0. The highest BCUT2D eigenvalue weighted by molar-refractivity contribution is 5.95. The predicted molar refractivity (Wildman–Crippen MR) is 149 cm³/mol. The number of likely N-dealkylation sites (N-methyl/N-ethyl adjacent to an activating group) is 1. The zero-order chi connectivity index (χ0) is 29.8. The van der Waals surface area contributed by atoms with Crippen LogP contribution in [0.3, 0.4) is 0 Å². The Labute approximate surface area is 241 Å². The Morgan fingerprint density at radius 1 is 1.19 bits per heavy atom. The lowest BCUT2D eigenvalue weighted by molar-refractivity contribution is -0.141. The first-order valence-electron chi connectivity index (χ1n) is 13.7. The number of methoxy groups -OCH3 is 1. The summed E-state index contributed by atoms with van der Waals surface area (Å²) in [4.78, 5) is 64.5. The average Bonchev–Trinajstić information content (AvgIpc) is 3.61. The monoisotopic (exact) mass is 581 g/mol. The molecule has 2 fully saturated rings. The minimum atomic E-state index is -0.596. The van der Waals surface area contributed by atoms with Gasteiger partial charge in [-0.25, -0.2) is 19.2 Å². The number of hydrogen-bond acceptors (Lipinski definition) is 9. The van der Waals surface area contributed by atoms with Crippen molar-refractivity contribution < 1.29 is 33.0 Å². The number of hydrogen-bond donors (Lipinski definition) is 0. The summed E-state index contributed by atoms with van der Waals surface area (Å²) in [7, 11) is 1.30. The Kier molecular flexibility index (Phi) is 8.50. The molecule has 0 radical (unpaired) electrons. The molecule has 2 aliphatic rings. The fraction of sp³-hybridized carbons (Fsp3) is 0.429. The molecule has 1 aromatic carbocycles. The molecule has 0 saturated carbocycles. The van der Waals surface area contributed by atoms with E-state index < -0.39 is 18.0 Å². The first kappa shape index (κ1) is 28.8. The van der Waals surface area contributed by atoms with Crippen LogP contribution in [-0.4, -0.2) is 107 Å². The summed E-state index contributed by atoms with van der Waals surface area (Å²) >= 11 is 0. The van der Waals surface area contributed by atoms with Crippen molar-refractivity contribution in [2.45, 2.75) is 25.9 Å². The molecular formula is C28H32FN7O6. The fourth-order valence-corrected chi connectivity index (χ4v) is 5.07. The molecule has 2 saturated heterocycles. The molecule has 0 bridgehead atoms. The number of carbonyl (C=O) groups excluding carboxylic acids is 4. The van der Waals surface area contributed by atoms with Crippen LogP contribution < -0.4 is 9.80 Å². The van der Waals surface area contributed by atoms with E-state index in [1.165, 1.54) is 23.0 Å². The summed E-state index contributed by atoms with van der Waals surface area (Å²) < 4.78 is 26.8. The third kappa shape index (κ3) is 6.11. The Balaban J connectivity index is 1.15. The summed E-state index contributed by atoms with van der Waals surface area (Å²) in [6, 6.07) is 6.29. The van der Waals surface area contributed by atoms with Gasteiger partial charge in [0.1, 0.15) is 24.2 Å². The molecule has 222 valence electrons. The van der Waals surface area contributed by atoms with E-state index in [-0.39, 0.29) is 43.0 Å². The maximum atomic E-state index is 15.2. The van der Waals surface area contributed by atoms with Crippen LogP contribution in [0.25, 0.3) is 5.78 Å². The van der Waals surface area contributed by atoms with E-state index in [1.807, 2.05) is 4.90 Å². The van der Waals surface area contributed by atoms with Crippen molar-refractivity contribution in [3.63, 3.8) is 0 Å².